The molecule has 0 amide bonds. The van der Waals surface area contributed by atoms with Gasteiger partial charge in [0.25, 0.3) is 0 Å². The Morgan fingerprint density at radius 1 is 1.02 bits per heavy atom. The van der Waals surface area contributed by atoms with E-state index in [-0.39, 0.29) is 12.4 Å². The molecule has 1 fully saturated rings. The Morgan fingerprint density at radius 2 is 1.77 bits per heavy atom. The van der Waals surface area contributed by atoms with Crippen LogP contribution >= 0.6 is 0 Å². The van der Waals surface area contributed by atoms with Crippen LogP contribution in [0.15, 0.2) is 84.7 Å². The standard InChI is InChI=1S/C31H35N5O4/c1-31(29(37)38,40-26-10-6-3-7-11-26)21-23-12-14-25(15-13-23)39-28-20-27(33-30(32)34-28)36-18-16-35(17-19-36)22-24-8-4-2-5-9-24/h2-6,8-10,12-15,20H,7,11,16-19,21-22H2,1H3,(H,37,38)(H2,32,33,34). The number of nitrogens with zero attached hydrogens (tertiary/aromatic N) is 4. The van der Waals surface area contributed by atoms with E-state index >= 15 is 0 Å². The van der Waals surface area contributed by atoms with Crippen LogP contribution in [0.3, 0.4) is 0 Å². The fourth-order valence-corrected chi connectivity index (χ4v) is 4.92. The van der Waals surface area contributed by atoms with Gasteiger partial charge in [-0.3, -0.25) is 4.90 Å². The molecule has 1 saturated heterocycles. The topological polar surface area (TPSA) is 114 Å². The number of anilines is 2. The number of aliphatic carboxylic acids is 1. The van der Waals surface area contributed by atoms with Gasteiger partial charge < -0.3 is 25.2 Å². The predicted octanol–water partition coefficient (Wildman–Crippen LogP) is 4.81. The van der Waals surface area contributed by atoms with Crippen LogP contribution < -0.4 is 15.4 Å². The third-order valence-corrected chi connectivity index (χ3v) is 7.12. The molecule has 2 aliphatic rings. The Labute approximate surface area is 234 Å². The van der Waals surface area contributed by atoms with Crippen molar-refractivity contribution in [3.8, 4) is 11.6 Å². The zero-order valence-electron chi connectivity index (χ0n) is 22.7. The van der Waals surface area contributed by atoms with Gasteiger partial charge in [0.15, 0.2) is 0 Å². The average Bonchev–Trinajstić information content (AvgIpc) is 2.95. The van der Waals surface area contributed by atoms with Gasteiger partial charge in [-0.05, 0) is 42.7 Å². The first-order valence-corrected chi connectivity index (χ1v) is 13.6. The molecule has 0 radical (unpaired) electrons. The Morgan fingerprint density at radius 3 is 2.45 bits per heavy atom. The lowest BCUT2D eigenvalue weighted by atomic mass is 9.96. The van der Waals surface area contributed by atoms with Crippen LogP contribution in [-0.4, -0.2) is 57.7 Å². The first kappa shape index (κ1) is 27.2. The summed E-state index contributed by atoms with van der Waals surface area (Å²) in [4.78, 5) is 25.4. The maximum absolute atomic E-state index is 12.1. The maximum Gasteiger partial charge on any atom is 0.348 e. The molecular formula is C31H35N5O4. The molecule has 9 heteroatoms. The molecule has 2 heterocycles. The molecule has 208 valence electrons. The first-order chi connectivity index (χ1) is 19.4. The van der Waals surface area contributed by atoms with Crippen LogP contribution in [0.4, 0.5) is 11.8 Å². The zero-order chi connectivity index (χ0) is 28.0. The van der Waals surface area contributed by atoms with E-state index in [2.05, 4.69) is 44.0 Å². The molecule has 40 heavy (non-hydrogen) atoms. The van der Waals surface area contributed by atoms with Crippen LogP contribution in [0.1, 0.15) is 30.9 Å². The van der Waals surface area contributed by atoms with Crippen molar-refractivity contribution in [2.75, 3.05) is 36.8 Å². The molecule has 1 atom stereocenters. The number of ether oxygens (including phenoxy) is 2. The van der Waals surface area contributed by atoms with Crippen molar-refractivity contribution in [3.63, 3.8) is 0 Å². The number of benzene rings is 2. The molecule has 2 aromatic carbocycles. The minimum Gasteiger partial charge on any atom is -0.480 e. The average molecular weight is 542 g/mol. The molecule has 9 nitrogen and oxygen atoms in total. The lowest BCUT2D eigenvalue weighted by Gasteiger charge is -2.35. The highest BCUT2D eigenvalue weighted by Crippen LogP contribution is 2.28. The predicted molar refractivity (Wildman–Crippen MR) is 154 cm³/mol. The van der Waals surface area contributed by atoms with E-state index < -0.39 is 11.6 Å². The minimum atomic E-state index is -1.37. The summed E-state index contributed by atoms with van der Waals surface area (Å²) in [5, 5.41) is 9.89. The number of carbonyl (C=O) groups is 1. The number of rotatable bonds is 10. The highest BCUT2D eigenvalue weighted by molar-refractivity contribution is 5.77. The summed E-state index contributed by atoms with van der Waals surface area (Å²) < 4.78 is 11.9. The Bertz CT molecular complexity index is 1370. The fourth-order valence-electron chi connectivity index (χ4n) is 4.92. The summed E-state index contributed by atoms with van der Waals surface area (Å²) in [5.41, 5.74) is 6.78. The fraction of sp³-hybridized carbons (Fsp3) is 0.323. The molecule has 0 bridgehead atoms. The molecular weight excluding hydrogens is 506 g/mol. The molecule has 5 rings (SSSR count). The van der Waals surface area contributed by atoms with E-state index in [1.54, 1.807) is 25.1 Å². The maximum atomic E-state index is 12.1. The molecule has 3 aromatic rings. The number of carboxylic acids is 1. The van der Waals surface area contributed by atoms with Crippen molar-refractivity contribution in [2.45, 2.75) is 38.3 Å². The first-order valence-electron chi connectivity index (χ1n) is 13.6. The van der Waals surface area contributed by atoms with E-state index in [0.29, 0.717) is 23.8 Å². The summed E-state index contributed by atoms with van der Waals surface area (Å²) >= 11 is 0. The zero-order valence-corrected chi connectivity index (χ0v) is 22.7. The van der Waals surface area contributed by atoms with Gasteiger partial charge in [0.1, 0.15) is 11.6 Å². The summed E-state index contributed by atoms with van der Waals surface area (Å²) in [6, 6.07) is 19.5. The molecule has 0 saturated carbocycles. The van der Waals surface area contributed by atoms with Gasteiger partial charge >= 0.3 is 5.97 Å². The van der Waals surface area contributed by atoms with Crippen LogP contribution in [0.2, 0.25) is 0 Å². The highest BCUT2D eigenvalue weighted by atomic mass is 16.5. The second kappa shape index (κ2) is 12.2. The summed E-state index contributed by atoms with van der Waals surface area (Å²) in [7, 11) is 0. The summed E-state index contributed by atoms with van der Waals surface area (Å²) in [6.07, 6.45) is 7.50. The molecule has 1 aliphatic heterocycles. The SMILES string of the molecule is CC(Cc1ccc(Oc2cc(N3CCN(Cc4ccccc4)CC3)nc(N)n2)cc1)(OC1=CC=CCC1)C(=O)O. The monoisotopic (exact) mass is 541 g/mol. The van der Waals surface area contributed by atoms with Crippen LogP contribution in [0.5, 0.6) is 11.6 Å². The van der Waals surface area contributed by atoms with Crippen molar-refractivity contribution < 1.29 is 19.4 Å². The van der Waals surface area contributed by atoms with Gasteiger partial charge in [0.2, 0.25) is 17.4 Å². The summed E-state index contributed by atoms with van der Waals surface area (Å²) in [5.74, 6) is 1.49. The Hall–Kier alpha value is -4.37. The van der Waals surface area contributed by atoms with Crippen molar-refractivity contribution in [2.24, 2.45) is 0 Å². The quantitative estimate of drug-likeness (QED) is 0.373. The van der Waals surface area contributed by atoms with Crippen LogP contribution in [-0.2, 0) is 22.5 Å². The minimum absolute atomic E-state index is 0.150. The molecule has 1 aromatic heterocycles. The number of nitrogens with two attached hydrogens (primary N) is 1. The van der Waals surface area contributed by atoms with Crippen LogP contribution in [0, 0.1) is 0 Å². The van der Waals surface area contributed by atoms with E-state index in [1.807, 2.05) is 36.4 Å². The van der Waals surface area contributed by atoms with Gasteiger partial charge in [-0.1, -0.05) is 54.6 Å². The molecule has 1 unspecified atom stereocenters. The number of piperazine rings is 1. The molecule has 1 aliphatic carbocycles. The van der Waals surface area contributed by atoms with Gasteiger partial charge in [-0.25, -0.2) is 4.79 Å². The number of carboxylic acid groups (broad SMARTS) is 1. The van der Waals surface area contributed by atoms with E-state index in [1.165, 1.54) is 5.56 Å². The number of hydrogen-bond donors (Lipinski definition) is 2. The third kappa shape index (κ3) is 6.98. The summed E-state index contributed by atoms with van der Waals surface area (Å²) in [6.45, 7) is 6.03. The Balaban J connectivity index is 1.20. The van der Waals surface area contributed by atoms with Gasteiger partial charge in [0, 0.05) is 51.6 Å². The lowest BCUT2D eigenvalue weighted by molar-refractivity contribution is -0.159. The molecule has 3 N–H and O–H groups in total. The van der Waals surface area contributed by atoms with Crippen LogP contribution in [0.25, 0.3) is 0 Å². The molecule has 0 spiro atoms. The van der Waals surface area contributed by atoms with Crippen molar-refractivity contribution in [3.05, 3.63) is 95.8 Å². The largest absolute Gasteiger partial charge is 0.480 e. The number of allylic oxidation sites excluding steroid dienone is 4. The van der Waals surface area contributed by atoms with E-state index in [4.69, 9.17) is 15.2 Å². The normalized spacial score (nSPS) is 17.1. The smallest absolute Gasteiger partial charge is 0.348 e. The second-order valence-corrected chi connectivity index (χ2v) is 10.3. The van der Waals surface area contributed by atoms with E-state index in [9.17, 15) is 9.90 Å². The van der Waals surface area contributed by atoms with Gasteiger partial charge in [-0.2, -0.15) is 9.97 Å². The van der Waals surface area contributed by atoms with Crippen molar-refractivity contribution >= 4 is 17.7 Å². The third-order valence-electron chi connectivity index (χ3n) is 7.12. The van der Waals surface area contributed by atoms with E-state index in [0.717, 1.165) is 50.5 Å². The van der Waals surface area contributed by atoms with Gasteiger partial charge in [-0.15, -0.1) is 0 Å². The Kier molecular flexibility index (Phi) is 8.31. The van der Waals surface area contributed by atoms with Crippen molar-refractivity contribution in [1.29, 1.82) is 0 Å². The lowest BCUT2D eigenvalue weighted by Crippen LogP contribution is -2.46. The number of aromatic nitrogens is 2. The second-order valence-electron chi connectivity index (χ2n) is 10.3. The van der Waals surface area contributed by atoms with Gasteiger partial charge in [0.05, 0.1) is 5.76 Å². The highest BCUT2D eigenvalue weighted by Gasteiger charge is 2.36. The van der Waals surface area contributed by atoms with Crippen molar-refractivity contribution in [1.82, 2.24) is 14.9 Å². The number of nitrogen functional groups attached to an aromatic ring is 1. The number of hydrogen-bond acceptors (Lipinski definition) is 8.